The van der Waals surface area contributed by atoms with Crippen molar-refractivity contribution in [2.24, 2.45) is 0 Å². The molecule has 1 N–H and O–H groups in total. The highest BCUT2D eigenvalue weighted by molar-refractivity contribution is 5.55. The Morgan fingerprint density at radius 2 is 2.16 bits per heavy atom. The highest BCUT2D eigenvalue weighted by Crippen LogP contribution is 2.23. The summed E-state index contributed by atoms with van der Waals surface area (Å²) in [6, 6.07) is 10.9. The summed E-state index contributed by atoms with van der Waals surface area (Å²) in [7, 11) is 0. The Bertz CT molecular complexity index is 570. The lowest BCUT2D eigenvalue weighted by Gasteiger charge is -2.07. The highest BCUT2D eigenvalue weighted by atomic mass is 16.6. The van der Waals surface area contributed by atoms with E-state index in [4.69, 9.17) is 0 Å². The molecular weight excluding hydrogens is 242 g/mol. The first kappa shape index (κ1) is 13.0. The summed E-state index contributed by atoms with van der Waals surface area (Å²) < 4.78 is 0. The normalized spacial score (nSPS) is 10.2. The van der Waals surface area contributed by atoms with Gasteiger partial charge in [0.1, 0.15) is 0 Å². The SMILES string of the molecule is CCc1ccc(NCc2ccccn2)cc1[N+](=O)[O-]. The molecular formula is C14H15N3O2. The molecule has 0 unspecified atom stereocenters. The minimum atomic E-state index is -0.342. The van der Waals surface area contributed by atoms with Crippen LogP contribution in [0.5, 0.6) is 0 Å². The van der Waals surface area contributed by atoms with Gasteiger partial charge in [-0.05, 0) is 24.6 Å². The van der Waals surface area contributed by atoms with Crippen molar-refractivity contribution >= 4 is 11.4 Å². The number of hydrogen-bond donors (Lipinski definition) is 1. The Balaban J connectivity index is 2.13. The maximum absolute atomic E-state index is 11.0. The van der Waals surface area contributed by atoms with Crippen molar-refractivity contribution in [3.63, 3.8) is 0 Å². The summed E-state index contributed by atoms with van der Waals surface area (Å²) in [4.78, 5) is 14.8. The maximum atomic E-state index is 11.0. The van der Waals surface area contributed by atoms with E-state index in [1.165, 1.54) is 0 Å². The van der Waals surface area contributed by atoms with Gasteiger partial charge < -0.3 is 5.32 Å². The lowest BCUT2D eigenvalue weighted by molar-refractivity contribution is -0.385. The van der Waals surface area contributed by atoms with Crippen LogP contribution in [-0.4, -0.2) is 9.91 Å². The summed E-state index contributed by atoms with van der Waals surface area (Å²) in [6.45, 7) is 2.45. The van der Waals surface area contributed by atoms with E-state index in [1.807, 2.05) is 31.2 Å². The van der Waals surface area contributed by atoms with E-state index in [-0.39, 0.29) is 10.6 Å². The predicted molar refractivity (Wildman–Crippen MR) is 74.0 cm³/mol. The predicted octanol–water partition coefficient (Wildman–Crippen LogP) is 3.16. The molecule has 2 aromatic rings. The number of nitro benzene ring substituents is 1. The van der Waals surface area contributed by atoms with E-state index >= 15 is 0 Å². The van der Waals surface area contributed by atoms with E-state index in [0.717, 1.165) is 16.9 Å². The molecule has 0 saturated heterocycles. The lowest BCUT2D eigenvalue weighted by Crippen LogP contribution is -2.02. The van der Waals surface area contributed by atoms with Crippen LogP contribution in [0.4, 0.5) is 11.4 Å². The van der Waals surface area contributed by atoms with Crippen molar-refractivity contribution in [1.29, 1.82) is 0 Å². The maximum Gasteiger partial charge on any atom is 0.274 e. The van der Waals surface area contributed by atoms with Gasteiger partial charge >= 0.3 is 0 Å². The third kappa shape index (κ3) is 3.28. The first-order valence-corrected chi connectivity index (χ1v) is 6.12. The second-order valence-corrected chi connectivity index (χ2v) is 4.13. The molecule has 1 heterocycles. The number of anilines is 1. The second kappa shape index (κ2) is 5.95. The Morgan fingerprint density at radius 3 is 2.79 bits per heavy atom. The molecule has 0 amide bonds. The molecule has 1 aromatic carbocycles. The summed E-state index contributed by atoms with van der Waals surface area (Å²) in [5, 5.41) is 14.1. The van der Waals surface area contributed by atoms with E-state index in [1.54, 1.807) is 18.3 Å². The van der Waals surface area contributed by atoms with Gasteiger partial charge in [-0.25, -0.2) is 0 Å². The zero-order valence-electron chi connectivity index (χ0n) is 10.7. The Labute approximate surface area is 111 Å². The molecule has 0 fully saturated rings. The average Bonchev–Trinajstić information content (AvgIpc) is 2.46. The first-order chi connectivity index (χ1) is 9.20. The van der Waals surface area contributed by atoms with Gasteiger partial charge in [-0.3, -0.25) is 15.1 Å². The topological polar surface area (TPSA) is 68.1 Å². The van der Waals surface area contributed by atoms with E-state index < -0.39 is 0 Å². The number of aromatic nitrogens is 1. The number of benzene rings is 1. The monoisotopic (exact) mass is 257 g/mol. The fraction of sp³-hybridized carbons (Fsp3) is 0.214. The minimum Gasteiger partial charge on any atom is -0.379 e. The van der Waals surface area contributed by atoms with Gasteiger partial charge in [-0.1, -0.05) is 19.1 Å². The largest absolute Gasteiger partial charge is 0.379 e. The fourth-order valence-corrected chi connectivity index (χ4v) is 1.84. The van der Waals surface area contributed by atoms with Crippen LogP contribution in [0.25, 0.3) is 0 Å². The molecule has 0 radical (unpaired) electrons. The number of nitro groups is 1. The molecule has 98 valence electrons. The number of hydrogen-bond acceptors (Lipinski definition) is 4. The van der Waals surface area contributed by atoms with E-state index in [2.05, 4.69) is 10.3 Å². The molecule has 1 aromatic heterocycles. The van der Waals surface area contributed by atoms with Crippen molar-refractivity contribution in [3.8, 4) is 0 Å². The standard InChI is InChI=1S/C14H15N3O2/c1-2-11-6-7-12(9-14(11)17(18)19)16-10-13-5-3-4-8-15-13/h3-9,16H,2,10H2,1H3. The molecule has 5 nitrogen and oxygen atoms in total. The molecule has 0 aliphatic carbocycles. The summed E-state index contributed by atoms with van der Waals surface area (Å²) >= 11 is 0. The van der Waals surface area contributed by atoms with Gasteiger partial charge in [-0.15, -0.1) is 0 Å². The molecule has 0 aliphatic heterocycles. The van der Waals surface area contributed by atoms with Crippen LogP contribution in [0.2, 0.25) is 0 Å². The molecule has 0 spiro atoms. The van der Waals surface area contributed by atoms with Gasteiger partial charge in [0.15, 0.2) is 0 Å². The molecule has 2 rings (SSSR count). The molecule has 0 bridgehead atoms. The third-order valence-corrected chi connectivity index (χ3v) is 2.86. The number of aryl methyl sites for hydroxylation is 1. The number of pyridine rings is 1. The van der Waals surface area contributed by atoms with Crippen LogP contribution in [-0.2, 0) is 13.0 Å². The van der Waals surface area contributed by atoms with Crippen LogP contribution in [0.1, 0.15) is 18.2 Å². The zero-order chi connectivity index (χ0) is 13.7. The zero-order valence-corrected chi connectivity index (χ0v) is 10.7. The van der Waals surface area contributed by atoms with E-state index in [0.29, 0.717) is 13.0 Å². The number of nitrogens with one attached hydrogen (secondary N) is 1. The Kier molecular flexibility index (Phi) is 4.07. The van der Waals surface area contributed by atoms with Crippen molar-refractivity contribution < 1.29 is 4.92 Å². The first-order valence-electron chi connectivity index (χ1n) is 6.12. The van der Waals surface area contributed by atoms with Crippen molar-refractivity contribution in [3.05, 3.63) is 64.0 Å². The molecule has 5 heteroatoms. The molecule has 0 aliphatic rings. The highest BCUT2D eigenvalue weighted by Gasteiger charge is 2.12. The van der Waals surface area contributed by atoms with Gasteiger partial charge in [0.2, 0.25) is 0 Å². The van der Waals surface area contributed by atoms with Crippen LogP contribution >= 0.6 is 0 Å². The average molecular weight is 257 g/mol. The van der Waals surface area contributed by atoms with Crippen molar-refractivity contribution in [2.45, 2.75) is 19.9 Å². The van der Waals surface area contributed by atoms with Gasteiger partial charge in [0, 0.05) is 23.5 Å². The van der Waals surface area contributed by atoms with E-state index in [9.17, 15) is 10.1 Å². The van der Waals surface area contributed by atoms with Gasteiger partial charge in [0.25, 0.3) is 5.69 Å². The van der Waals surface area contributed by atoms with Crippen molar-refractivity contribution in [2.75, 3.05) is 5.32 Å². The van der Waals surface area contributed by atoms with Crippen LogP contribution in [0.3, 0.4) is 0 Å². The van der Waals surface area contributed by atoms with Crippen LogP contribution < -0.4 is 5.32 Å². The summed E-state index contributed by atoms with van der Waals surface area (Å²) in [6.07, 6.45) is 2.37. The fourth-order valence-electron chi connectivity index (χ4n) is 1.84. The van der Waals surface area contributed by atoms with Crippen molar-refractivity contribution in [1.82, 2.24) is 4.98 Å². The number of nitrogens with zero attached hydrogens (tertiary/aromatic N) is 2. The summed E-state index contributed by atoms with van der Waals surface area (Å²) in [5.41, 5.74) is 2.53. The van der Waals surface area contributed by atoms with Crippen LogP contribution in [0.15, 0.2) is 42.6 Å². The number of rotatable bonds is 5. The molecule has 19 heavy (non-hydrogen) atoms. The Morgan fingerprint density at radius 1 is 1.32 bits per heavy atom. The van der Waals surface area contributed by atoms with Crippen LogP contribution in [0, 0.1) is 10.1 Å². The Hall–Kier alpha value is -2.43. The van der Waals surface area contributed by atoms with Gasteiger partial charge in [-0.2, -0.15) is 0 Å². The van der Waals surface area contributed by atoms with Gasteiger partial charge in [0.05, 0.1) is 17.2 Å². The molecule has 0 atom stereocenters. The lowest BCUT2D eigenvalue weighted by atomic mass is 10.1. The quantitative estimate of drug-likeness (QED) is 0.660. The second-order valence-electron chi connectivity index (χ2n) is 4.13. The smallest absolute Gasteiger partial charge is 0.274 e. The summed E-state index contributed by atoms with van der Waals surface area (Å²) in [5.74, 6) is 0. The molecule has 0 saturated carbocycles. The minimum absolute atomic E-state index is 0.161. The third-order valence-electron chi connectivity index (χ3n) is 2.86.